The van der Waals surface area contributed by atoms with Crippen molar-refractivity contribution in [3.8, 4) is 0 Å². The summed E-state index contributed by atoms with van der Waals surface area (Å²) in [4.78, 5) is 25.6. The Morgan fingerprint density at radius 2 is 1.57 bits per heavy atom. The Bertz CT molecular complexity index is 935. The zero-order chi connectivity index (χ0) is 19.3. The molecule has 0 radical (unpaired) electrons. The van der Waals surface area contributed by atoms with Gasteiger partial charge in [-0.3, -0.25) is 4.79 Å². The largest absolute Gasteiger partial charge is 0.368 e. The molecule has 0 saturated carbocycles. The molecule has 0 unspecified atom stereocenters. The summed E-state index contributed by atoms with van der Waals surface area (Å²) in [5, 5.41) is 2.89. The van der Waals surface area contributed by atoms with Gasteiger partial charge in [0.25, 0.3) is 5.91 Å². The predicted molar refractivity (Wildman–Crippen MR) is 112 cm³/mol. The number of carbonyl (C=O) groups is 1. The van der Waals surface area contributed by atoms with Gasteiger partial charge in [0, 0.05) is 43.6 Å². The van der Waals surface area contributed by atoms with E-state index in [-0.39, 0.29) is 5.91 Å². The van der Waals surface area contributed by atoms with Crippen molar-refractivity contribution in [1.82, 2.24) is 9.97 Å². The van der Waals surface area contributed by atoms with Gasteiger partial charge in [-0.1, -0.05) is 35.9 Å². The fourth-order valence-corrected chi connectivity index (χ4v) is 3.31. The first-order chi connectivity index (χ1) is 13.7. The molecule has 1 aromatic heterocycles. The molecule has 3 aromatic rings. The number of nitrogens with one attached hydrogen (secondary N) is 1. The third kappa shape index (κ3) is 4.11. The Labute approximate surface area is 164 Å². The molecule has 0 aliphatic carbocycles. The Balaban J connectivity index is 1.41. The number of rotatable bonds is 4. The quantitative estimate of drug-likeness (QED) is 0.760. The summed E-state index contributed by atoms with van der Waals surface area (Å²) < 4.78 is 0. The van der Waals surface area contributed by atoms with E-state index in [1.807, 2.05) is 37.3 Å². The standard InChI is InChI=1S/C22H23N5O/c1-17-7-9-18(10-8-17)25-22(28)20-15-21(24-16-23-20)27-13-11-26(12-14-27)19-5-3-2-4-6-19/h2-10,15-16H,11-14H2,1H3,(H,25,28). The molecule has 6 nitrogen and oxygen atoms in total. The zero-order valence-corrected chi connectivity index (χ0v) is 15.9. The molecule has 142 valence electrons. The normalized spacial score (nSPS) is 14.0. The average Bonchev–Trinajstić information content (AvgIpc) is 2.76. The molecule has 1 aliphatic rings. The van der Waals surface area contributed by atoms with Crippen molar-refractivity contribution in [1.29, 1.82) is 0 Å². The molecule has 2 aromatic carbocycles. The number of hydrogen-bond acceptors (Lipinski definition) is 5. The lowest BCUT2D eigenvalue weighted by Crippen LogP contribution is -2.46. The molecule has 1 N–H and O–H groups in total. The van der Waals surface area contributed by atoms with Crippen LogP contribution in [-0.2, 0) is 0 Å². The number of aryl methyl sites for hydroxylation is 1. The van der Waals surface area contributed by atoms with Gasteiger partial charge in [0.15, 0.2) is 0 Å². The van der Waals surface area contributed by atoms with Crippen LogP contribution in [0.3, 0.4) is 0 Å². The summed E-state index contributed by atoms with van der Waals surface area (Å²) >= 11 is 0. The highest BCUT2D eigenvalue weighted by Crippen LogP contribution is 2.19. The third-order valence-electron chi connectivity index (χ3n) is 4.92. The topological polar surface area (TPSA) is 61.4 Å². The highest BCUT2D eigenvalue weighted by atomic mass is 16.1. The van der Waals surface area contributed by atoms with Gasteiger partial charge in [-0.15, -0.1) is 0 Å². The number of piperazine rings is 1. The minimum Gasteiger partial charge on any atom is -0.368 e. The van der Waals surface area contributed by atoms with Crippen molar-refractivity contribution in [2.45, 2.75) is 6.92 Å². The number of anilines is 3. The molecule has 2 heterocycles. The van der Waals surface area contributed by atoms with Crippen molar-refractivity contribution in [2.75, 3.05) is 41.3 Å². The SMILES string of the molecule is Cc1ccc(NC(=O)c2cc(N3CCN(c4ccccc4)CC3)ncn2)cc1. The van der Waals surface area contributed by atoms with Crippen LogP contribution < -0.4 is 15.1 Å². The van der Waals surface area contributed by atoms with Gasteiger partial charge in [0.05, 0.1) is 0 Å². The maximum Gasteiger partial charge on any atom is 0.274 e. The Morgan fingerprint density at radius 1 is 0.893 bits per heavy atom. The summed E-state index contributed by atoms with van der Waals surface area (Å²) in [6.07, 6.45) is 1.46. The van der Waals surface area contributed by atoms with E-state index in [4.69, 9.17) is 0 Å². The van der Waals surface area contributed by atoms with Crippen LogP contribution in [0, 0.1) is 6.92 Å². The van der Waals surface area contributed by atoms with Crippen LogP contribution >= 0.6 is 0 Å². The molecule has 1 fully saturated rings. The van der Waals surface area contributed by atoms with Gasteiger partial charge in [0.2, 0.25) is 0 Å². The number of hydrogen-bond donors (Lipinski definition) is 1. The molecule has 1 aliphatic heterocycles. The van der Waals surface area contributed by atoms with Gasteiger partial charge in [-0.05, 0) is 31.2 Å². The summed E-state index contributed by atoms with van der Waals surface area (Å²) in [5.74, 6) is 0.562. The Morgan fingerprint density at radius 3 is 2.29 bits per heavy atom. The van der Waals surface area contributed by atoms with Gasteiger partial charge in [-0.25, -0.2) is 9.97 Å². The van der Waals surface area contributed by atoms with E-state index < -0.39 is 0 Å². The number of para-hydroxylation sites is 1. The average molecular weight is 373 g/mol. The fourth-order valence-electron chi connectivity index (χ4n) is 3.31. The van der Waals surface area contributed by atoms with Gasteiger partial charge < -0.3 is 15.1 Å². The zero-order valence-electron chi connectivity index (χ0n) is 15.9. The third-order valence-corrected chi connectivity index (χ3v) is 4.92. The fraction of sp³-hybridized carbons (Fsp3) is 0.227. The van der Waals surface area contributed by atoms with E-state index in [0.717, 1.165) is 43.2 Å². The van der Waals surface area contributed by atoms with Crippen LogP contribution in [0.2, 0.25) is 0 Å². The smallest absolute Gasteiger partial charge is 0.274 e. The molecular weight excluding hydrogens is 350 g/mol. The maximum atomic E-state index is 12.5. The van der Waals surface area contributed by atoms with Crippen molar-refractivity contribution >= 4 is 23.1 Å². The first kappa shape index (κ1) is 18.0. The Hall–Kier alpha value is -3.41. The molecule has 0 bridgehead atoms. The number of benzene rings is 2. The van der Waals surface area contributed by atoms with Gasteiger partial charge in [0.1, 0.15) is 17.8 Å². The maximum absolute atomic E-state index is 12.5. The van der Waals surface area contributed by atoms with Crippen molar-refractivity contribution in [3.05, 3.63) is 78.2 Å². The minimum absolute atomic E-state index is 0.226. The van der Waals surface area contributed by atoms with Crippen LogP contribution in [0.4, 0.5) is 17.2 Å². The second-order valence-corrected chi connectivity index (χ2v) is 6.89. The lowest BCUT2D eigenvalue weighted by atomic mass is 10.2. The van der Waals surface area contributed by atoms with Crippen molar-refractivity contribution in [3.63, 3.8) is 0 Å². The van der Waals surface area contributed by atoms with E-state index in [0.29, 0.717) is 5.69 Å². The van der Waals surface area contributed by atoms with Crippen LogP contribution in [-0.4, -0.2) is 42.1 Å². The molecular formula is C22H23N5O. The van der Waals surface area contributed by atoms with Crippen LogP contribution in [0.15, 0.2) is 67.0 Å². The minimum atomic E-state index is -0.226. The molecule has 1 saturated heterocycles. The van der Waals surface area contributed by atoms with E-state index in [1.165, 1.54) is 12.0 Å². The van der Waals surface area contributed by atoms with E-state index in [1.54, 1.807) is 6.07 Å². The van der Waals surface area contributed by atoms with Crippen LogP contribution in [0.25, 0.3) is 0 Å². The highest BCUT2D eigenvalue weighted by Gasteiger charge is 2.19. The number of amides is 1. The van der Waals surface area contributed by atoms with E-state index in [2.05, 4.69) is 49.4 Å². The summed E-state index contributed by atoms with van der Waals surface area (Å²) in [6, 6.07) is 19.9. The molecule has 1 amide bonds. The lowest BCUT2D eigenvalue weighted by Gasteiger charge is -2.36. The Kier molecular flexibility index (Phi) is 5.19. The molecule has 4 rings (SSSR count). The van der Waals surface area contributed by atoms with E-state index in [9.17, 15) is 4.79 Å². The molecule has 0 spiro atoms. The molecule has 28 heavy (non-hydrogen) atoms. The summed E-state index contributed by atoms with van der Waals surface area (Å²) in [7, 11) is 0. The number of aromatic nitrogens is 2. The molecule has 0 atom stereocenters. The predicted octanol–water partition coefficient (Wildman–Crippen LogP) is 3.36. The number of carbonyl (C=O) groups excluding carboxylic acids is 1. The first-order valence-corrected chi connectivity index (χ1v) is 9.44. The molecule has 6 heteroatoms. The monoisotopic (exact) mass is 373 g/mol. The second kappa shape index (κ2) is 8.08. The van der Waals surface area contributed by atoms with Crippen molar-refractivity contribution in [2.24, 2.45) is 0 Å². The lowest BCUT2D eigenvalue weighted by molar-refractivity contribution is 0.102. The first-order valence-electron chi connectivity index (χ1n) is 9.44. The highest BCUT2D eigenvalue weighted by molar-refractivity contribution is 6.03. The summed E-state index contributed by atoms with van der Waals surface area (Å²) in [5.41, 5.74) is 3.52. The van der Waals surface area contributed by atoms with Gasteiger partial charge in [-0.2, -0.15) is 0 Å². The van der Waals surface area contributed by atoms with Gasteiger partial charge >= 0.3 is 0 Å². The number of nitrogens with zero attached hydrogens (tertiary/aromatic N) is 4. The summed E-state index contributed by atoms with van der Waals surface area (Å²) in [6.45, 7) is 5.55. The van der Waals surface area contributed by atoms with E-state index >= 15 is 0 Å². The van der Waals surface area contributed by atoms with Crippen LogP contribution in [0.5, 0.6) is 0 Å². The second-order valence-electron chi connectivity index (χ2n) is 6.89. The van der Waals surface area contributed by atoms with Crippen LogP contribution in [0.1, 0.15) is 16.1 Å². The van der Waals surface area contributed by atoms with Crippen molar-refractivity contribution < 1.29 is 4.79 Å².